The fourth-order valence-electron chi connectivity index (χ4n) is 2.91. The molecule has 2 heteroatoms. The first kappa shape index (κ1) is 15.5. The fraction of sp³-hybridized carbons (Fsp3) is 0.667. The van der Waals surface area contributed by atoms with Crippen LogP contribution in [0.25, 0.3) is 0 Å². The Bertz CT molecular complexity index is 377. The smallest absolute Gasteiger partial charge is 0.0449 e. The van der Waals surface area contributed by atoms with Crippen molar-refractivity contribution in [3.63, 3.8) is 0 Å². The van der Waals surface area contributed by atoms with E-state index in [1.54, 1.807) is 0 Å². The fourth-order valence-corrected chi connectivity index (χ4v) is 2.91. The van der Waals surface area contributed by atoms with E-state index in [9.17, 15) is 0 Å². The molecule has 0 bridgehead atoms. The SMILES string of the molecule is CCCNC(CN1CCC(C)CC1)c1ccc(C)cc1. The Morgan fingerprint density at radius 1 is 1.20 bits per heavy atom. The molecule has 1 aliphatic heterocycles. The van der Waals surface area contributed by atoms with Crippen molar-refractivity contribution in [1.29, 1.82) is 0 Å². The number of hydrogen-bond donors (Lipinski definition) is 1. The van der Waals surface area contributed by atoms with Gasteiger partial charge in [0.25, 0.3) is 0 Å². The molecule has 0 spiro atoms. The summed E-state index contributed by atoms with van der Waals surface area (Å²) in [4.78, 5) is 2.63. The van der Waals surface area contributed by atoms with Crippen LogP contribution in [0, 0.1) is 12.8 Å². The molecule has 1 unspecified atom stereocenters. The topological polar surface area (TPSA) is 15.3 Å². The number of likely N-dealkylation sites (tertiary alicyclic amines) is 1. The molecule has 2 rings (SSSR count). The number of benzene rings is 1. The molecule has 1 aliphatic rings. The van der Waals surface area contributed by atoms with Gasteiger partial charge in [0.2, 0.25) is 0 Å². The Balaban J connectivity index is 1.97. The third kappa shape index (κ3) is 4.60. The molecular weight excluding hydrogens is 244 g/mol. The number of piperidine rings is 1. The van der Waals surface area contributed by atoms with E-state index in [1.165, 1.54) is 43.5 Å². The van der Waals surface area contributed by atoms with Gasteiger partial charge < -0.3 is 10.2 Å². The Morgan fingerprint density at radius 3 is 2.45 bits per heavy atom. The molecule has 1 fully saturated rings. The quantitative estimate of drug-likeness (QED) is 0.849. The molecule has 1 aromatic rings. The Hall–Kier alpha value is -0.860. The summed E-state index contributed by atoms with van der Waals surface area (Å²) in [7, 11) is 0. The molecule has 1 heterocycles. The Labute approximate surface area is 124 Å². The van der Waals surface area contributed by atoms with Gasteiger partial charge in [-0.05, 0) is 57.3 Å². The second-order valence-corrected chi connectivity index (χ2v) is 6.40. The minimum absolute atomic E-state index is 0.476. The molecule has 112 valence electrons. The molecule has 0 amide bonds. The first-order chi connectivity index (χ1) is 9.69. The van der Waals surface area contributed by atoms with Crippen molar-refractivity contribution in [2.24, 2.45) is 5.92 Å². The minimum Gasteiger partial charge on any atom is -0.309 e. The van der Waals surface area contributed by atoms with E-state index in [0.717, 1.165) is 19.0 Å². The maximum absolute atomic E-state index is 3.72. The van der Waals surface area contributed by atoms with E-state index in [4.69, 9.17) is 0 Å². The summed E-state index contributed by atoms with van der Waals surface area (Å²) in [6, 6.07) is 9.51. The van der Waals surface area contributed by atoms with Gasteiger partial charge in [-0.25, -0.2) is 0 Å². The van der Waals surface area contributed by atoms with E-state index < -0.39 is 0 Å². The summed E-state index contributed by atoms with van der Waals surface area (Å²) < 4.78 is 0. The summed E-state index contributed by atoms with van der Waals surface area (Å²) in [5.41, 5.74) is 2.78. The zero-order valence-electron chi connectivity index (χ0n) is 13.4. The van der Waals surface area contributed by atoms with Crippen LogP contribution in [0.1, 0.15) is 50.3 Å². The number of rotatable bonds is 6. The first-order valence-corrected chi connectivity index (χ1v) is 8.21. The summed E-state index contributed by atoms with van der Waals surface area (Å²) >= 11 is 0. The van der Waals surface area contributed by atoms with Crippen LogP contribution < -0.4 is 5.32 Å². The van der Waals surface area contributed by atoms with E-state index >= 15 is 0 Å². The van der Waals surface area contributed by atoms with Crippen LogP contribution in [0.15, 0.2) is 24.3 Å². The monoisotopic (exact) mass is 274 g/mol. The first-order valence-electron chi connectivity index (χ1n) is 8.21. The predicted molar refractivity (Wildman–Crippen MR) is 87.1 cm³/mol. The number of nitrogens with one attached hydrogen (secondary N) is 1. The molecule has 0 saturated carbocycles. The van der Waals surface area contributed by atoms with Crippen molar-refractivity contribution in [1.82, 2.24) is 10.2 Å². The molecule has 1 N–H and O–H groups in total. The van der Waals surface area contributed by atoms with Crippen LogP contribution in [-0.4, -0.2) is 31.1 Å². The highest BCUT2D eigenvalue weighted by molar-refractivity contribution is 5.24. The summed E-state index contributed by atoms with van der Waals surface area (Å²) in [6.07, 6.45) is 3.90. The van der Waals surface area contributed by atoms with Crippen molar-refractivity contribution in [2.45, 2.75) is 46.1 Å². The normalized spacial score (nSPS) is 19.1. The molecule has 0 aliphatic carbocycles. The number of nitrogens with zero attached hydrogens (tertiary/aromatic N) is 1. The van der Waals surface area contributed by atoms with Gasteiger partial charge in [-0.1, -0.05) is 43.7 Å². The molecule has 0 aromatic heterocycles. The standard InChI is InChI=1S/C18H30N2/c1-4-11-19-18(17-7-5-15(2)6-8-17)14-20-12-9-16(3)10-13-20/h5-8,16,18-19H,4,9-14H2,1-3H3. The highest BCUT2D eigenvalue weighted by Crippen LogP contribution is 2.20. The maximum Gasteiger partial charge on any atom is 0.0449 e. The van der Waals surface area contributed by atoms with E-state index in [0.29, 0.717) is 6.04 Å². The van der Waals surface area contributed by atoms with Gasteiger partial charge in [-0.2, -0.15) is 0 Å². The lowest BCUT2D eigenvalue weighted by atomic mass is 9.97. The zero-order chi connectivity index (χ0) is 14.4. The minimum atomic E-state index is 0.476. The van der Waals surface area contributed by atoms with Crippen molar-refractivity contribution in [3.8, 4) is 0 Å². The third-order valence-electron chi connectivity index (χ3n) is 4.44. The zero-order valence-corrected chi connectivity index (χ0v) is 13.4. The van der Waals surface area contributed by atoms with Crippen LogP contribution in [0.3, 0.4) is 0 Å². The average molecular weight is 274 g/mol. The number of hydrogen-bond acceptors (Lipinski definition) is 2. The third-order valence-corrected chi connectivity index (χ3v) is 4.44. The predicted octanol–water partition coefficient (Wildman–Crippen LogP) is 3.77. The van der Waals surface area contributed by atoms with Crippen molar-refractivity contribution in [2.75, 3.05) is 26.2 Å². The highest BCUT2D eigenvalue weighted by Gasteiger charge is 2.20. The van der Waals surface area contributed by atoms with Crippen LogP contribution in [0.4, 0.5) is 0 Å². The van der Waals surface area contributed by atoms with Gasteiger partial charge in [0, 0.05) is 12.6 Å². The lowest BCUT2D eigenvalue weighted by Crippen LogP contribution is -2.39. The molecule has 1 atom stereocenters. The lowest BCUT2D eigenvalue weighted by Gasteiger charge is -2.33. The second-order valence-electron chi connectivity index (χ2n) is 6.40. The van der Waals surface area contributed by atoms with Gasteiger partial charge >= 0.3 is 0 Å². The van der Waals surface area contributed by atoms with Crippen LogP contribution in [0.5, 0.6) is 0 Å². The molecule has 0 radical (unpaired) electrons. The van der Waals surface area contributed by atoms with E-state index in [2.05, 4.69) is 55.3 Å². The second kappa shape index (κ2) is 7.80. The molecule has 20 heavy (non-hydrogen) atoms. The average Bonchev–Trinajstić information content (AvgIpc) is 2.46. The van der Waals surface area contributed by atoms with Gasteiger partial charge in [-0.3, -0.25) is 0 Å². The summed E-state index contributed by atoms with van der Waals surface area (Å²) in [6.45, 7) is 11.5. The lowest BCUT2D eigenvalue weighted by molar-refractivity contribution is 0.175. The van der Waals surface area contributed by atoms with E-state index in [-0.39, 0.29) is 0 Å². The van der Waals surface area contributed by atoms with Crippen molar-refractivity contribution < 1.29 is 0 Å². The molecular formula is C18H30N2. The molecule has 1 aromatic carbocycles. The van der Waals surface area contributed by atoms with Crippen molar-refractivity contribution in [3.05, 3.63) is 35.4 Å². The Morgan fingerprint density at radius 2 is 1.85 bits per heavy atom. The van der Waals surface area contributed by atoms with E-state index in [1.807, 2.05) is 0 Å². The van der Waals surface area contributed by atoms with Crippen LogP contribution in [0.2, 0.25) is 0 Å². The van der Waals surface area contributed by atoms with Gasteiger partial charge in [-0.15, -0.1) is 0 Å². The summed E-state index contributed by atoms with van der Waals surface area (Å²) in [5, 5.41) is 3.72. The molecule has 2 nitrogen and oxygen atoms in total. The summed E-state index contributed by atoms with van der Waals surface area (Å²) in [5.74, 6) is 0.910. The maximum atomic E-state index is 3.72. The van der Waals surface area contributed by atoms with Crippen LogP contribution in [-0.2, 0) is 0 Å². The Kier molecular flexibility index (Phi) is 6.06. The largest absolute Gasteiger partial charge is 0.309 e. The number of aryl methyl sites for hydroxylation is 1. The van der Waals surface area contributed by atoms with Gasteiger partial charge in [0.1, 0.15) is 0 Å². The highest BCUT2D eigenvalue weighted by atomic mass is 15.2. The van der Waals surface area contributed by atoms with Crippen LogP contribution >= 0.6 is 0 Å². The van der Waals surface area contributed by atoms with Gasteiger partial charge in [0.15, 0.2) is 0 Å². The van der Waals surface area contributed by atoms with Crippen molar-refractivity contribution >= 4 is 0 Å². The molecule has 1 saturated heterocycles. The van der Waals surface area contributed by atoms with Gasteiger partial charge in [0.05, 0.1) is 0 Å².